The quantitative estimate of drug-likeness (QED) is 0.807. The number of nitrogens with one attached hydrogen (secondary N) is 1. The Bertz CT molecular complexity index is 408. The van der Waals surface area contributed by atoms with Crippen molar-refractivity contribution in [2.24, 2.45) is 5.73 Å². The summed E-state index contributed by atoms with van der Waals surface area (Å²) in [4.78, 5) is 11.6. The standard InChI is InChI=1S/C13H19FN2O2/c1-13(2,9-15)16-12(17)7-8-18-11-6-4-3-5-10(11)14/h3-6H,7-9,15H2,1-2H3,(H,16,17). The second kappa shape index (κ2) is 6.35. The van der Waals surface area contributed by atoms with Crippen molar-refractivity contribution in [3.63, 3.8) is 0 Å². The summed E-state index contributed by atoms with van der Waals surface area (Å²) in [6.45, 7) is 4.16. The highest BCUT2D eigenvalue weighted by molar-refractivity contribution is 5.76. The van der Waals surface area contributed by atoms with Gasteiger partial charge in [-0.05, 0) is 26.0 Å². The van der Waals surface area contributed by atoms with Crippen molar-refractivity contribution >= 4 is 5.91 Å². The van der Waals surface area contributed by atoms with Crippen molar-refractivity contribution < 1.29 is 13.9 Å². The maximum Gasteiger partial charge on any atom is 0.223 e. The van der Waals surface area contributed by atoms with Gasteiger partial charge in [0.1, 0.15) is 0 Å². The fourth-order valence-corrected chi connectivity index (χ4v) is 1.31. The number of rotatable bonds is 6. The number of hydrogen-bond donors (Lipinski definition) is 2. The molecule has 0 saturated heterocycles. The molecular weight excluding hydrogens is 235 g/mol. The van der Waals surface area contributed by atoms with E-state index in [-0.39, 0.29) is 24.7 Å². The van der Waals surface area contributed by atoms with Crippen LogP contribution in [0.25, 0.3) is 0 Å². The molecule has 0 saturated carbocycles. The van der Waals surface area contributed by atoms with Crippen LogP contribution in [0.1, 0.15) is 20.3 Å². The van der Waals surface area contributed by atoms with Gasteiger partial charge in [0, 0.05) is 12.1 Å². The summed E-state index contributed by atoms with van der Waals surface area (Å²) in [5.74, 6) is -0.439. The van der Waals surface area contributed by atoms with Gasteiger partial charge in [-0.1, -0.05) is 12.1 Å². The Kier molecular flexibility index (Phi) is 5.09. The summed E-state index contributed by atoms with van der Waals surface area (Å²) in [5.41, 5.74) is 5.06. The van der Waals surface area contributed by atoms with E-state index in [1.807, 2.05) is 13.8 Å². The summed E-state index contributed by atoms with van der Waals surface area (Å²) in [5, 5.41) is 2.77. The van der Waals surface area contributed by atoms with Gasteiger partial charge in [0.25, 0.3) is 0 Å². The largest absolute Gasteiger partial charge is 0.490 e. The minimum atomic E-state index is -0.435. The van der Waals surface area contributed by atoms with Gasteiger partial charge < -0.3 is 15.8 Å². The molecule has 0 bridgehead atoms. The Morgan fingerprint density at radius 1 is 1.44 bits per heavy atom. The number of ether oxygens (including phenoxy) is 1. The highest BCUT2D eigenvalue weighted by atomic mass is 19.1. The molecule has 100 valence electrons. The van der Waals surface area contributed by atoms with Gasteiger partial charge >= 0.3 is 0 Å². The molecule has 0 aromatic heterocycles. The molecule has 18 heavy (non-hydrogen) atoms. The second-order valence-corrected chi connectivity index (χ2v) is 4.67. The molecule has 1 aromatic carbocycles. The van der Waals surface area contributed by atoms with Gasteiger partial charge in [-0.3, -0.25) is 4.79 Å². The molecule has 5 heteroatoms. The third kappa shape index (κ3) is 4.71. The summed E-state index contributed by atoms with van der Waals surface area (Å²) in [7, 11) is 0. The van der Waals surface area contributed by atoms with Crippen LogP contribution in [0.5, 0.6) is 5.75 Å². The fourth-order valence-electron chi connectivity index (χ4n) is 1.31. The van der Waals surface area contributed by atoms with Crippen molar-refractivity contribution in [2.45, 2.75) is 25.8 Å². The Labute approximate surface area is 106 Å². The van der Waals surface area contributed by atoms with Gasteiger partial charge in [-0.25, -0.2) is 4.39 Å². The van der Waals surface area contributed by atoms with Gasteiger partial charge in [-0.2, -0.15) is 0 Å². The molecule has 0 aliphatic heterocycles. The second-order valence-electron chi connectivity index (χ2n) is 4.67. The fraction of sp³-hybridized carbons (Fsp3) is 0.462. The Morgan fingerprint density at radius 3 is 2.72 bits per heavy atom. The van der Waals surface area contributed by atoms with Crippen LogP contribution in [0.3, 0.4) is 0 Å². The van der Waals surface area contributed by atoms with Gasteiger partial charge in [0.05, 0.1) is 13.0 Å². The number of hydrogen-bond acceptors (Lipinski definition) is 3. The van der Waals surface area contributed by atoms with Crippen LogP contribution in [-0.2, 0) is 4.79 Å². The lowest BCUT2D eigenvalue weighted by Gasteiger charge is -2.24. The molecule has 0 atom stereocenters. The van der Waals surface area contributed by atoms with Crippen molar-refractivity contribution in [3.05, 3.63) is 30.1 Å². The van der Waals surface area contributed by atoms with E-state index in [0.717, 1.165) is 0 Å². The number of nitrogens with two attached hydrogens (primary N) is 1. The van der Waals surface area contributed by atoms with E-state index < -0.39 is 11.4 Å². The predicted octanol–water partition coefficient (Wildman–Crippen LogP) is 1.45. The van der Waals surface area contributed by atoms with Crippen LogP contribution >= 0.6 is 0 Å². The number of para-hydroxylation sites is 1. The lowest BCUT2D eigenvalue weighted by atomic mass is 10.1. The van der Waals surface area contributed by atoms with E-state index >= 15 is 0 Å². The predicted molar refractivity (Wildman–Crippen MR) is 67.8 cm³/mol. The number of amides is 1. The Morgan fingerprint density at radius 2 is 2.11 bits per heavy atom. The van der Waals surface area contributed by atoms with Crippen molar-refractivity contribution in [1.82, 2.24) is 5.32 Å². The maximum atomic E-state index is 13.2. The third-order valence-electron chi connectivity index (χ3n) is 2.41. The minimum Gasteiger partial charge on any atom is -0.490 e. The molecule has 1 rings (SSSR count). The molecule has 0 fully saturated rings. The first-order valence-electron chi connectivity index (χ1n) is 5.83. The normalized spacial score (nSPS) is 11.1. The molecular formula is C13H19FN2O2. The lowest BCUT2D eigenvalue weighted by molar-refractivity contribution is -0.123. The zero-order chi connectivity index (χ0) is 13.6. The van der Waals surface area contributed by atoms with E-state index in [1.165, 1.54) is 12.1 Å². The zero-order valence-electron chi connectivity index (χ0n) is 10.7. The van der Waals surface area contributed by atoms with Crippen LogP contribution in [-0.4, -0.2) is 24.6 Å². The molecule has 3 N–H and O–H groups in total. The first-order valence-corrected chi connectivity index (χ1v) is 5.83. The highest BCUT2D eigenvalue weighted by Gasteiger charge is 2.17. The third-order valence-corrected chi connectivity index (χ3v) is 2.41. The van der Waals surface area contributed by atoms with Crippen LogP contribution in [0.2, 0.25) is 0 Å². The van der Waals surface area contributed by atoms with Crippen LogP contribution < -0.4 is 15.8 Å². The van der Waals surface area contributed by atoms with E-state index in [4.69, 9.17) is 10.5 Å². The summed E-state index contributed by atoms with van der Waals surface area (Å²) >= 11 is 0. The number of benzene rings is 1. The minimum absolute atomic E-state index is 0.132. The molecule has 0 aliphatic rings. The molecule has 4 nitrogen and oxygen atoms in total. The first-order chi connectivity index (χ1) is 8.44. The van der Waals surface area contributed by atoms with Crippen LogP contribution in [0.15, 0.2) is 24.3 Å². The summed E-state index contributed by atoms with van der Waals surface area (Å²) < 4.78 is 18.4. The smallest absolute Gasteiger partial charge is 0.223 e. The lowest BCUT2D eigenvalue weighted by Crippen LogP contribution is -2.49. The maximum absolute atomic E-state index is 13.2. The van der Waals surface area contributed by atoms with Gasteiger partial charge in [0.2, 0.25) is 5.91 Å². The topological polar surface area (TPSA) is 64.3 Å². The van der Waals surface area contributed by atoms with E-state index in [1.54, 1.807) is 12.1 Å². The van der Waals surface area contributed by atoms with E-state index in [2.05, 4.69) is 5.32 Å². The van der Waals surface area contributed by atoms with E-state index in [9.17, 15) is 9.18 Å². The summed E-state index contributed by atoms with van der Waals surface area (Å²) in [6.07, 6.45) is 0.164. The molecule has 0 heterocycles. The van der Waals surface area contributed by atoms with Crippen LogP contribution in [0, 0.1) is 5.82 Å². The van der Waals surface area contributed by atoms with Crippen molar-refractivity contribution in [1.29, 1.82) is 0 Å². The average Bonchev–Trinajstić information content (AvgIpc) is 2.31. The number of carbonyl (C=O) groups excluding carboxylic acids is 1. The first kappa shape index (κ1) is 14.4. The van der Waals surface area contributed by atoms with Gasteiger partial charge in [0.15, 0.2) is 11.6 Å². The molecule has 0 unspecified atom stereocenters. The summed E-state index contributed by atoms with van der Waals surface area (Å²) in [6, 6.07) is 6.10. The van der Waals surface area contributed by atoms with Gasteiger partial charge in [-0.15, -0.1) is 0 Å². The molecule has 1 amide bonds. The van der Waals surface area contributed by atoms with E-state index in [0.29, 0.717) is 6.54 Å². The zero-order valence-corrected chi connectivity index (χ0v) is 10.7. The number of carbonyl (C=O) groups is 1. The Hall–Kier alpha value is -1.62. The number of halogens is 1. The van der Waals surface area contributed by atoms with Crippen molar-refractivity contribution in [2.75, 3.05) is 13.2 Å². The molecule has 0 spiro atoms. The average molecular weight is 254 g/mol. The Balaban J connectivity index is 2.34. The van der Waals surface area contributed by atoms with Crippen LogP contribution in [0.4, 0.5) is 4.39 Å². The highest BCUT2D eigenvalue weighted by Crippen LogP contribution is 2.15. The van der Waals surface area contributed by atoms with Crippen molar-refractivity contribution in [3.8, 4) is 5.75 Å². The molecule has 0 radical (unpaired) electrons. The molecule has 1 aromatic rings. The monoisotopic (exact) mass is 254 g/mol. The molecule has 0 aliphatic carbocycles. The SMILES string of the molecule is CC(C)(CN)NC(=O)CCOc1ccccc1F.